The summed E-state index contributed by atoms with van der Waals surface area (Å²) in [6.07, 6.45) is 9.28. The van der Waals surface area contributed by atoms with Gasteiger partial charge in [0, 0.05) is 31.9 Å². The summed E-state index contributed by atoms with van der Waals surface area (Å²) in [5.74, 6) is -0.817. The first kappa shape index (κ1) is 15.6. The third-order valence-electron chi connectivity index (χ3n) is 4.33. The van der Waals surface area contributed by atoms with Crippen LogP contribution in [0, 0.1) is 5.41 Å². The minimum Gasteiger partial charge on any atom is -0.481 e. The molecule has 0 aliphatic heterocycles. The summed E-state index contributed by atoms with van der Waals surface area (Å²) >= 11 is 0. The molecule has 1 aliphatic carbocycles. The van der Waals surface area contributed by atoms with Crippen LogP contribution in [-0.2, 0) is 16.1 Å². The zero-order valence-electron chi connectivity index (χ0n) is 12.4. The van der Waals surface area contributed by atoms with Gasteiger partial charge in [-0.15, -0.1) is 0 Å². The lowest BCUT2D eigenvalue weighted by Gasteiger charge is -2.35. The van der Waals surface area contributed by atoms with E-state index in [1.54, 1.807) is 0 Å². The standard InChI is InChI=1S/C16H24N2O3/c19-14(17-8-11-18-9-4-5-10-18)12-16(13-15(20)21)6-2-1-3-7-16/h4-5,9-10H,1-3,6-8,11-13H2,(H,17,19)(H,20,21). The van der Waals surface area contributed by atoms with Crippen LogP contribution in [0.15, 0.2) is 24.5 Å². The molecule has 5 heteroatoms. The number of hydrogen-bond acceptors (Lipinski definition) is 2. The van der Waals surface area contributed by atoms with Crippen LogP contribution in [0.2, 0.25) is 0 Å². The molecule has 0 radical (unpaired) electrons. The molecule has 0 atom stereocenters. The summed E-state index contributed by atoms with van der Waals surface area (Å²) in [5.41, 5.74) is -0.332. The van der Waals surface area contributed by atoms with Crippen LogP contribution >= 0.6 is 0 Å². The summed E-state index contributed by atoms with van der Waals surface area (Å²) in [5, 5.41) is 12.0. The van der Waals surface area contributed by atoms with Crippen molar-refractivity contribution in [1.29, 1.82) is 0 Å². The number of carbonyl (C=O) groups excluding carboxylic acids is 1. The second-order valence-electron chi connectivity index (χ2n) is 6.08. The Morgan fingerprint density at radius 1 is 1.10 bits per heavy atom. The summed E-state index contributed by atoms with van der Waals surface area (Å²) in [6, 6.07) is 3.90. The fourth-order valence-corrected chi connectivity index (χ4v) is 3.29. The fourth-order valence-electron chi connectivity index (χ4n) is 3.29. The lowest BCUT2D eigenvalue weighted by atomic mass is 9.69. The van der Waals surface area contributed by atoms with Crippen molar-refractivity contribution in [3.63, 3.8) is 0 Å². The highest BCUT2D eigenvalue weighted by molar-refractivity contribution is 5.78. The van der Waals surface area contributed by atoms with Gasteiger partial charge in [-0.25, -0.2) is 0 Å². The van der Waals surface area contributed by atoms with Crippen molar-refractivity contribution in [2.24, 2.45) is 5.41 Å². The maximum absolute atomic E-state index is 12.1. The Morgan fingerprint density at radius 2 is 1.76 bits per heavy atom. The second kappa shape index (κ2) is 7.29. The number of carboxylic acid groups (broad SMARTS) is 1. The van der Waals surface area contributed by atoms with E-state index in [-0.39, 0.29) is 17.7 Å². The van der Waals surface area contributed by atoms with Crippen molar-refractivity contribution in [3.05, 3.63) is 24.5 Å². The van der Waals surface area contributed by atoms with E-state index in [9.17, 15) is 9.59 Å². The van der Waals surface area contributed by atoms with Gasteiger partial charge < -0.3 is 15.0 Å². The molecule has 0 saturated heterocycles. The van der Waals surface area contributed by atoms with E-state index in [0.29, 0.717) is 13.0 Å². The van der Waals surface area contributed by atoms with E-state index in [1.165, 1.54) is 0 Å². The van der Waals surface area contributed by atoms with Crippen molar-refractivity contribution < 1.29 is 14.7 Å². The van der Waals surface area contributed by atoms with E-state index in [2.05, 4.69) is 5.32 Å². The summed E-state index contributed by atoms with van der Waals surface area (Å²) in [6.45, 7) is 1.32. The smallest absolute Gasteiger partial charge is 0.303 e. The Bertz CT molecular complexity index is 462. The maximum Gasteiger partial charge on any atom is 0.303 e. The first-order valence-electron chi connectivity index (χ1n) is 7.69. The monoisotopic (exact) mass is 292 g/mol. The lowest BCUT2D eigenvalue weighted by molar-refractivity contribution is -0.141. The minimum absolute atomic E-state index is 0.0229. The molecule has 1 aromatic heterocycles. The number of carbonyl (C=O) groups is 2. The van der Waals surface area contributed by atoms with Gasteiger partial charge in [-0.1, -0.05) is 19.3 Å². The molecule has 1 saturated carbocycles. The molecule has 1 aliphatic rings. The number of hydrogen-bond donors (Lipinski definition) is 2. The van der Waals surface area contributed by atoms with E-state index in [4.69, 9.17) is 5.11 Å². The van der Waals surface area contributed by atoms with Gasteiger partial charge in [0.2, 0.25) is 5.91 Å². The van der Waals surface area contributed by atoms with Gasteiger partial charge in [-0.05, 0) is 30.4 Å². The number of aromatic nitrogens is 1. The normalized spacial score (nSPS) is 17.3. The van der Waals surface area contributed by atoms with Gasteiger partial charge in [0.05, 0.1) is 6.42 Å². The van der Waals surface area contributed by atoms with E-state index in [1.807, 2.05) is 29.1 Å². The summed E-state index contributed by atoms with van der Waals surface area (Å²) in [7, 11) is 0. The Morgan fingerprint density at radius 3 is 2.38 bits per heavy atom. The van der Waals surface area contributed by atoms with E-state index < -0.39 is 5.97 Å². The Kier molecular flexibility index (Phi) is 5.42. The molecule has 2 N–H and O–H groups in total. The van der Waals surface area contributed by atoms with Crippen molar-refractivity contribution in [3.8, 4) is 0 Å². The van der Waals surface area contributed by atoms with Crippen LogP contribution in [0.3, 0.4) is 0 Å². The summed E-state index contributed by atoms with van der Waals surface area (Å²) in [4.78, 5) is 23.2. The van der Waals surface area contributed by atoms with Gasteiger partial charge in [0.1, 0.15) is 0 Å². The Labute approximate surface area is 125 Å². The third-order valence-corrected chi connectivity index (χ3v) is 4.33. The largest absolute Gasteiger partial charge is 0.481 e. The van der Waals surface area contributed by atoms with E-state index >= 15 is 0 Å². The van der Waals surface area contributed by atoms with Crippen molar-refractivity contribution >= 4 is 11.9 Å². The Balaban J connectivity index is 1.81. The quantitative estimate of drug-likeness (QED) is 0.810. The minimum atomic E-state index is -0.794. The van der Waals surface area contributed by atoms with Crippen molar-refractivity contribution in [1.82, 2.24) is 9.88 Å². The molecule has 1 heterocycles. The molecule has 0 unspecified atom stereocenters. The zero-order valence-corrected chi connectivity index (χ0v) is 12.4. The molecule has 2 rings (SSSR count). The molecular weight excluding hydrogens is 268 g/mol. The molecule has 0 aromatic carbocycles. The maximum atomic E-state index is 12.1. The topological polar surface area (TPSA) is 71.3 Å². The third kappa shape index (κ3) is 4.92. The first-order chi connectivity index (χ1) is 10.1. The van der Waals surface area contributed by atoms with Crippen LogP contribution in [0.5, 0.6) is 0 Å². The molecular formula is C16H24N2O3. The fraction of sp³-hybridized carbons (Fsp3) is 0.625. The number of rotatable bonds is 7. The van der Waals surface area contributed by atoms with Gasteiger partial charge in [-0.2, -0.15) is 0 Å². The van der Waals surface area contributed by atoms with Crippen LogP contribution in [-0.4, -0.2) is 28.1 Å². The highest BCUT2D eigenvalue weighted by Crippen LogP contribution is 2.42. The molecule has 0 spiro atoms. The molecule has 21 heavy (non-hydrogen) atoms. The summed E-state index contributed by atoms with van der Waals surface area (Å²) < 4.78 is 2.01. The predicted molar refractivity (Wildman–Crippen MR) is 79.8 cm³/mol. The predicted octanol–water partition coefficient (Wildman–Crippen LogP) is 2.42. The van der Waals surface area contributed by atoms with Crippen molar-refractivity contribution in [2.75, 3.05) is 6.54 Å². The van der Waals surface area contributed by atoms with Crippen LogP contribution in [0.4, 0.5) is 0 Å². The number of nitrogens with zero attached hydrogens (tertiary/aromatic N) is 1. The van der Waals surface area contributed by atoms with E-state index in [0.717, 1.165) is 38.6 Å². The molecule has 116 valence electrons. The molecule has 5 nitrogen and oxygen atoms in total. The number of amides is 1. The number of aliphatic carboxylic acids is 1. The van der Waals surface area contributed by atoms with Crippen molar-refractivity contribution in [2.45, 2.75) is 51.5 Å². The molecule has 1 aromatic rings. The average molecular weight is 292 g/mol. The van der Waals surface area contributed by atoms with Gasteiger partial charge in [0.15, 0.2) is 0 Å². The highest BCUT2D eigenvalue weighted by Gasteiger charge is 2.36. The lowest BCUT2D eigenvalue weighted by Crippen LogP contribution is -2.36. The van der Waals surface area contributed by atoms with Gasteiger partial charge in [-0.3, -0.25) is 9.59 Å². The molecule has 0 bridgehead atoms. The molecule has 1 fully saturated rings. The van der Waals surface area contributed by atoms with Gasteiger partial charge in [0.25, 0.3) is 0 Å². The average Bonchev–Trinajstić information content (AvgIpc) is 2.91. The zero-order chi connectivity index (χ0) is 15.1. The van der Waals surface area contributed by atoms with Crippen LogP contribution in [0.25, 0.3) is 0 Å². The highest BCUT2D eigenvalue weighted by atomic mass is 16.4. The second-order valence-corrected chi connectivity index (χ2v) is 6.08. The van der Waals surface area contributed by atoms with Crippen LogP contribution in [0.1, 0.15) is 44.9 Å². The first-order valence-corrected chi connectivity index (χ1v) is 7.69. The SMILES string of the molecule is O=C(O)CC1(CC(=O)NCCn2cccc2)CCCCC1. The number of nitrogens with one attached hydrogen (secondary N) is 1. The van der Waals surface area contributed by atoms with Crippen LogP contribution < -0.4 is 5.32 Å². The molecule has 1 amide bonds. The number of carboxylic acids is 1. The Hall–Kier alpha value is -1.78. The van der Waals surface area contributed by atoms with Gasteiger partial charge >= 0.3 is 5.97 Å².